The van der Waals surface area contributed by atoms with Crippen LogP contribution in [-0.4, -0.2) is 29.2 Å². The Labute approximate surface area is 64.4 Å². The van der Waals surface area contributed by atoms with Crippen LogP contribution >= 0.6 is 15.9 Å². The van der Waals surface area contributed by atoms with Crippen molar-refractivity contribution in [3.05, 3.63) is 0 Å². The highest BCUT2D eigenvalue weighted by Gasteiger charge is 2.24. The molecule has 0 aromatic carbocycles. The monoisotopic (exact) mass is 193 g/mol. The zero-order chi connectivity index (χ0) is 7.65. The lowest BCUT2D eigenvalue weighted by atomic mass is 10.2. The van der Waals surface area contributed by atoms with E-state index in [1.165, 1.54) is 0 Å². The lowest BCUT2D eigenvalue weighted by Gasteiger charge is -2.20. The summed E-state index contributed by atoms with van der Waals surface area (Å²) in [5.41, 5.74) is 0. The highest BCUT2D eigenvalue weighted by Crippen LogP contribution is 2.17. The van der Waals surface area contributed by atoms with Gasteiger partial charge in [-0.3, -0.25) is 4.79 Å². The fraction of sp³-hybridized carbons (Fsp3) is 0.833. The number of amides is 1. The highest BCUT2D eigenvalue weighted by molar-refractivity contribution is 9.10. The molecule has 0 fully saturated rings. The molecule has 0 atom stereocenters. The quantitative estimate of drug-likeness (QED) is 0.575. The molecule has 0 spiro atoms. The molecule has 0 aromatic rings. The van der Waals surface area contributed by atoms with Crippen molar-refractivity contribution in [3.63, 3.8) is 0 Å². The van der Waals surface area contributed by atoms with Crippen LogP contribution in [0.4, 0.5) is 0 Å². The second-order valence-corrected chi connectivity index (χ2v) is 4.65. The Hall–Kier alpha value is -0.0500. The van der Waals surface area contributed by atoms with E-state index in [4.69, 9.17) is 0 Å². The third-order valence-electron chi connectivity index (χ3n) is 0.915. The summed E-state index contributed by atoms with van der Waals surface area (Å²) < 4.78 is -0.420. The molecule has 0 rings (SSSR count). The fourth-order valence-electron chi connectivity index (χ4n) is 0.532. The van der Waals surface area contributed by atoms with E-state index in [0.29, 0.717) is 0 Å². The second-order valence-electron chi connectivity index (χ2n) is 2.67. The van der Waals surface area contributed by atoms with Gasteiger partial charge in [0.25, 0.3) is 0 Å². The number of alkyl halides is 1. The molecule has 0 N–H and O–H groups in total. The van der Waals surface area contributed by atoms with Crippen molar-refractivity contribution in [1.82, 2.24) is 4.90 Å². The van der Waals surface area contributed by atoms with Crippen molar-refractivity contribution < 1.29 is 4.79 Å². The Balaban J connectivity index is 4.06. The molecule has 54 valence electrons. The van der Waals surface area contributed by atoms with E-state index in [9.17, 15) is 4.79 Å². The minimum Gasteiger partial charge on any atom is -0.348 e. The highest BCUT2D eigenvalue weighted by atomic mass is 79.9. The summed E-state index contributed by atoms with van der Waals surface area (Å²) in [6.45, 7) is 3.66. The van der Waals surface area contributed by atoms with Crippen molar-refractivity contribution in [1.29, 1.82) is 0 Å². The molecule has 0 saturated carbocycles. The van der Waals surface area contributed by atoms with Crippen molar-refractivity contribution in [2.24, 2.45) is 0 Å². The van der Waals surface area contributed by atoms with Crippen molar-refractivity contribution in [3.8, 4) is 0 Å². The summed E-state index contributed by atoms with van der Waals surface area (Å²) >= 11 is 3.25. The van der Waals surface area contributed by atoms with E-state index >= 15 is 0 Å². The van der Waals surface area contributed by atoms with Crippen LogP contribution in [0.15, 0.2) is 0 Å². The van der Waals surface area contributed by atoms with Gasteiger partial charge in [-0.1, -0.05) is 15.9 Å². The van der Waals surface area contributed by atoms with Crippen LogP contribution < -0.4 is 0 Å². The number of halogens is 1. The molecule has 0 aliphatic carbocycles. The van der Waals surface area contributed by atoms with Crippen LogP contribution in [0, 0.1) is 0 Å². The standard InChI is InChI=1S/C6H12BrNO/c1-6(2,7)5(9)8(3)4/h1-4H3. The maximum Gasteiger partial charge on any atom is 0.238 e. The Kier molecular flexibility index (Phi) is 2.67. The van der Waals surface area contributed by atoms with E-state index in [0.717, 1.165) is 0 Å². The zero-order valence-corrected chi connectivity index (χ0v) is 7.82. The summed E-state index contributed by atoms with van der Waals surface area (Å²) in [7, 11) is 3.48. The van der Waals surface area contributed by atoms with Gasteiger partial charge in [0.15, 0.2) is 0 Å². The minimum atomic E-state index is -0.420. The molecule has 0 aromatic heterocycles. The molecule has 9 heavy (non-hydrogen) atoms. The first-order chi connectivity index (χ1) is 3.85. The summed E-state index contributed by atoms with van der Waals surface area (Å²) in [4.78, 5) is 12.6. The molecular weight excluding hydrogens is 182 g/mol. The number of hydrogen-bond acceptors (Lipinski definition) is 1. The maximum atomic E-state index is 11.0. The number of nitrogens with zero attached hydrogens (tertiary/aromatic N) is 1. The second kappa shape index (κ2) is 2.69. The molecule has 3 heteroatoms. The summed E-state index contributed by atoms with van der Waals surface area (Å²) in [5, 5.41) is 0. The zero-order valence-electron chi connectivity index (χ0n) is 6.23. The van der Waals surface area contributed by atoms with Gasteiger partial charge in [0, 0.05) is 14.1 Å². The number of rotatable bonds is 1. The summed E-state index contributed by atoms with van der Waals surface area (Å²) in [6, 6.07) is 0. The Morgan fingerprint density at radius 1 is 1.44 bits per heavy atom. The van der Waals surface area contributed by atoms with Crippen LogP contribution in [0.2, 0.25) is 0 Å². The maximum absolute atomic E-state index is 11.0. The molecule has 2 nitrogen and oxygen atoms in total. The fourth-order valence-corrected chi connectivity index (χ4v) is 0.886. The van der Waals surface area contributed by atoms with Gasteiger partial charge in [-0.2, -0.15) is 0 Å². The third kappa shape index (κ3) is 2.84. The first-order valence-corrected chi connectivity index (χ1v) is 3.55. The lowest BCUT2D eigenvalue weighted by Crippen LogP contribution is -2.36. The lowest BCUT2D eigenvalue weighted by molar-refractivity contribution is -0.130. The summed E-state index contributed by atoms with van der Waals surface area (Å²) in [6.07, 6.45) is 0. The van der Waals surface area contributed by atoms with Crippen LogP contribution in [0.5, 0.6) is 0 Å². The van der Waals surface area contributed by atoms with Crippen molar-refractivity contribution in [2.75, 3.05) is 14.1 Å². The van der Waals surface area contributed by atoms with E-state index in [1.807, 2.05) is 13.8 Å². The Morgan fingerprint density at radius 3 is 1.78 bits per heavy atom. The molecular formula is C6H12BrNO. The summed E-state index contributed by atoms with van der Waals surface area (Å²) in [5.74, 6) is 0.0856. The predicted molar refractivity (Wildman–Crippen MR) is 41.7 cm³/mol. The van der Waals surface area contributed by atoms with E-state index < -0.39 is 4.32 Å². The van der Waals surface area contributed by atoms with Gasteiger partial charge in [-0.25, -0.2) is 0 Å². The van der Waals surface area contributed by atoms with Gasteiger partial charge in [0.05, 0.1) is 4.32 Å². The normalized spacial score (nSPS) is 11.2. The van der Waals surface area contributed by atoms with Gasteiger partial charge in [-0.15, -0.1) is 0 Å². The Bertz CT molecular complexity index is 115. The molecule has 0 aliphatic heterocycles. The van der Waals surface area contributed by atoms with E-state index in [1.54, 1.807) is 19.0 Å². The molecule has 0 aliphatic rings. The topological polar surface area (TPSA) is 20.3 Å². The van der Waals surface area contributed by atoms with Gasteiger partial charge < -0.3 is 4.90 Å². The minimum absolute atomic E-state index is 0.0856. The van der Waals surface area contributed by atoms with Gasteiger partial charge in [-0.05, 0) is 13.8 Å². The molecule has 0 unspecified atom stereocenters. The predicted octanol–water partition coefficient (Wildman–Crippen LogP) is 1.25. The average molecular weight is 194 g/mol. The van der Waals surface area contributed by atoms with Crippen LogP contribution in [-0.2, 0) is 4.79 Å². The first-order valence-electron chi connectivity index (χ1n) is 2.76. The molecule has 1 amide bonds. The number of hydrogen-bond donors (Lipinski definition) is 0. The molecule has 0 heterocycles. The van der Waals surface area contributed by atoms with Crippen LogP contribution in [0.3, 0.4) is 0 Å². The SMILES string of the molecule is CN(C)C(=O)C(C)(C)Br. The van der Waals surface area contributed by atoms with Gasteiger partial charge in [0.1, 0.15) is 0 Å². The van der Waals surface area contributed by atoms with Crippen LogP contribution in [0.25, 0.3) is 0 Å². The molecule has 0 bridgehead atoms. The average Bonchev–Trinajstić information content (AvgIpc) is 1.62. The van der Waals surface area contributed by atoms with E-state index in [-0.39, 0.29) is 5.91 Å². The van der Waals surface area contributed by atoms with Crippen molar-refractivity contribution >= 4 is 21.8 Å². The van der Waals surface area contributed by atoms with Gasteiger partial charge in [0.2, 0.25) is 5.91 Å². The molecule has 0 radical (unpaired) electrons. The number of carbonyl (C=O) groups excluding carboxylic acids is 1. The largest absolute Gasteiger partial charge is 0.348 e. The van der Waals surface area contributed by atoms with Crippen molar-refractivity contribution in [2.45, 2.75) is 18.2 Å². The first kappa shape index (κ1) is 8.95. The number of carbonyl (C=O) groups is 1. The van der Waals surface area contributed by atoms with Crippen LogP contribution in [0.1, 0.15) is 13.8 Å². The van der Waals surface area contributed by atoms with Gasteiger partial charge >= 0.3 is 0 Å². The third-order valence-corrected chi connectivity index (χ3v) is 1.25. The molecule has 0 saturated heterocycles. The van der Waals surface area contributed by atoms with E-state index in [2.05, 4.69) is 15.9 Å². The Morgan fingerprint density at radius 2 is 1.78 bits per heavy atom. The smallest absolute Gasteiger partial charge is 0.238 e.